The summed E-state index contributed by atoms with van der Waals surface area (Å²) in [6.07, 6.45) is 4.74. The van der Waals surface area contributed by atoms with E-state index in [4.69, 9.17) is 0 Å². The molecule has 0 aliphatic heterocycles. The van der Waals surface area contributed by atoms with Crippen LogP contribution in [0.1, 0.15) is 27.2 Å². The molecule has 0 fully saturated rings. The third-order valence-corrected chi connectivity index (χ3v) is 1.97. The standard InChI is InChI=1S/C9H14O/c1-7-4-5-9(3,10)6-8(7)2/h4,6,10H,5H2,1-3H3. The summed E-state index contributed by atoms with van der Waals surface area (Å²) in [5.41, 5.74) is 1.87. The lowest BCUT2D eigenvalue weighted by molar-refractivity contribution is 0.112. The van der Waals surface area contributed by atoms with Gasteiger partial charge in [-0.1, -0.05) is 11.6 Å². The molecule has 0 spiro atoms. The number of allylic oxidation sites excluding steroid dienone is 2. The molecule has 0 aromatic rings. The Morgan fingerprint density at radius 1 is 1.40 bits per heavy atom. The Balaban J connectivity index is 2.87. The van der Waals surface area contributed by atoms with Gasteiger partial charge in [0.25, 0.3) is 0 Å². The van der Waals surface area contributed by atoms with E-state index in [0.717, 1.165) is 6.42 Å². The molecule has 1 aliphatic rings. The fourth-order valence-electron chi connectivity index (χ4n) is 1.16. The summed E-state index contributed by atoms with van der Waals surface area (Å²) in [5.74, 6) is 0. The Hall–Kier alpha value is -0.560. The first-order valence-corrected chi connectivity index (χ1v) is 3.60. The van der Waals surface area contributed by atoms with Crippen LogP contribution in [0.5, 0.6) is 0 Å². The quantitative estimate of drug-likeness (QED) is 0.543. The van der Waals surface area contributed by atoms with E-state index in [1.165, 1.54) is 11.1 Å². The molecule has 0 radical (unpaired) electrons. The predicted molar refractivity (Wildman–Crippen MR) is 42.8 cm³/mol. The lowest BCUT2D eigenvalue weighted by atomic mass is 9.90. The van der Waals surface area contributed by atoms with Crippen molar-refractivity contribution in [2.24, 2.45) is 0 Å². The van der Waals surface area contributed by atoms with Gasteiger partial charge < -0.3 is 5.11 Å². The second kappa shape index (κ2) is 2.24. The molecule has 56 valence electrons. The first-order valence-electron chi connectivity index (χ1n) is 3.60. The summed E-state index contributed by atoms with van der Waals surface area (Å²) in [6, 6.07) is 0. The van der Waals surface area contributed by atoms with Crippen LogP contribution in [0.15, 0.2) is 23.3 Å². The molecule has 1 nitrogen and oxygen atoms in total. The molecule has 1 unspecified atom stereocenters. The zero-order valence-corrected chi connectivity index (χ0v) is 6.81. The minimum absolute atomic E-state index is 0.608. The minimum atomic E-state index is -0.608. The Morgan fingerprint density at radius 2 is 2.00 bits per heavy atom. The number of hydrogen-bond acceptors (Lipinski definition) is 1. The molecule has 1 N–H and O–H groups in total. The first kappa shape index (κ1) is 7.55. The van der Waals surface area contributed by atoms with Crippen molar-refractivity contribution in [3.8, 4) is 0 Å². The zero-order chi connectivity index (χ0) is 7.78. The third kappa shape index (κ3) is 1.48. The summed E-state index contributed by atoms with van der Waals surface area (Å²) in [6.45, 7) is 5.93. The third-order valence-electron chi connectivity index (χ3n) is 1.97. The molecule has 0 aromatic carbocycles. The normalized spacial score (nSPS) is 33.2. The SMILES string of the molecule is CC1=CCC(C)(O)C=C1C. The first-order chi connectivity index (χ1) is 4.51. The van der Waals surface area contributed by atoms with Crippen LogP contribution in [-0.4, -0.2) is 10.7 Å². The highest BCUT2D eigenvalue weighted by Gasteiger charge is 2.19. The minimum Gasteiger partial charge on any atom is -0.386 e. The van der Waals surface area contributed by atoms with Gasteiger partial charge in [0.2, 0.25) is 0 Å². The molecular formula is C9H14O. The number of rotatable bonds is 0. The van der Waals surface area contributed by atoms with Gasteiger partial charge in [-0.3, -0.25) is 0 Å². The van der Waals surface area contributed by atoms with E-state index in [1.54, 1.807) is 0 Å². The van der Waals surface area contributed by atoms with Gasteiger partial charge in [0.1, 0.15) is 0 Å². The Labute approximate surface area is 62.1 Å². The van der Waals surface area contributed by atoms with Gasteiger partial charge in [0, 0.05) is 0 Å². The van der Waals surface area contributed by atoms with Gasteiger partial charge in [-0.25, -0.2) is 0 Å². The highest BCUT2D eigenvalue weighted by Crippen LogP contribution is 2.24. The fourth-order valence-corrected chi connectivity index (χ4v) is 1.16. The van der Waals surface area contributed by atoms with Crippen LogP contribution in [0.4, 0.5) is 0 Å². The van der Waals surface area contributed by atoms with Crippen molar-refractivity contribution in [2.45, 2.75) is 32.8 Å². The molecule has 1 aliphatic carbocycles. The van der Waals surface area contributed by atoms with Gasteiger partial charge in [0.15, 0.2) is 0 Å². The average Bonchev–Trinajstić information content (AvgIpc) is 1.79. The zero-order valence-electron chi connectivity index (χ0n) is 6.81. The van der Waals surface area contributed by atoms with E-state index < -0.39 is 5.60 Å². The monoisotopic (exact) mass is 138 g/mol. The van der Waals surface area contributed by atoms with Gasteiger partial charge in [0.05, 0.1) is 5.60 Å². The second-order valence-corrected chi connectivity index (χ2v) is 3.28. The molecule has 0 bridgehead atoms. The van der Waals surface area contributed by atoms with E-state index in [0.29, 0.717) is 0 Å². The predicted octanol–water partition coefficient (Wildman–Crippen LogP) is 2.03. The van der Waals surface area contributed by atoms with Crippen LogP contribution in [0.2, 0.25) is 0 Å². The van der Waals surface area contributed by atoms with Crippen molar-refractivity contribution in [1.29, 1.82) is 0 Å². The molecule has 0 amide bonds. The van der Waals surface area contributed by atoms with Gasteiger partial charge in [-0.05, 0) is 38.8 Å². The van der Waals surface area contributed by atoms with Crippen molar-refractivity contribution in [2.75, 3.05) is 0 Å². The van der Waals surface area contributed by atoms with E-state index >= 15 is 0 Å². The van der Waals surface area contributed by atoms with E-state index in [1.807, 2.05) is 19.9 Å². The molecule has 0 saturated heterocycles. The molecule has 0 heterocycles. The molecule has 0 aromatic heterocycles. The summed E-state index contributed by atoms with van der Waals surface area (Å²) in [5, 5.41) is 9.54. The van der Waals surface area contributed by atoms with Crippen LogP contribution in [-0.2, 0) is 0 Å². The largest absolute Gasteiger partial charge is 0.386 e. The molecule has 1 heteroatoms. The maximum absolute atomic E-state index is 9.54. The molecule has 1 rings (SSSR count). The second-order valence-electron chi connectivity index (χ2n) is 3.28. The topological polar surface area (TPSA) is 20.2 Å². The molecule has 10 heavy (non-hydrogen) atoms. The molecule has 0 saturated carbocycles. The van der Waals surface area contributed by atoms with Crippen LogP contribution in [0.25, 0.3) is 0 Å². The van der Waals surface area contributed by atoms with Crippen molar-refractivity contribution in [3.05, 3.63) is 23.3 Å². The van der Waals surface area contributed by atoms with Crippen LogP contribution >= 0.6 is 0 Å². The molecule has 1 atom stereocenters. The lowest BCUT2D eigenvalue weighted by Gasteiger charge is -2.23. The van der Waals surface area contributed by atoms with Crippen LogP contribution < -0.4 is 0 Å². The van der Waals surface area contributed by atoms with Crippen LogP contribution in [0, 0.1) is 0 Å². The molecular weight excluding hydrogens is 124 g/mol. The van der Waals surface area contributed by atoms with Crippen molar-refractivity contribution < 1.29 is 5.11 Å². The lowest BCUT2D eigenvalue weighted by Crippen LogP contribution is -2.22. The Bertz CT molecular complexity index is 197. The van der Waals surface area contributed by atoms with Gasteiger partial charge in [-0.2, -0.15) is 0 Å². The van der Waals surface area contributed by atoms with Crippen molar-refractivity contribution in [1.82, 2.24) is 0 Å². The van der Waals surface area contributed by atoms with Gasteiger partial charge in [-0.15, -0.1) is 0 Å². The summed E-state index contributed by atoms with van der Waals surface area (Å²) in [4.78, 5) is 0. The highest BCUT2D eigenvalue weighted by molar-refractivity contribution is 5.33. The fraction of sp³-hybridized carbons (Fsp3) is 0.556. The van der Waals surface area contributed by atoms with Crippen molar-refractivity contribution >= 4 is 0 Å². The average molecular weight is 138 g/mol. The Kier molecular flexibility index (Phi) is 1.69. The van der Waals surface area contributed by atoms with Gasteiger partial charge >= 0.3 is 0 Å². The maximum Gasteiger partial charge on any atom is 0.0839 e. The summed E-state index contributed by atoms with van der Waals surface area (Å²) >= 11 is 0. The van der Waals surface area contributed by atoms with Crippen molar-refractivity contribution in [3.63, 3.8) is 0 Å². The van der Waals surface area contributed by atoms with E-state index in [2.05, 4.69) is 13.0 Å². The smallest absolute Gasteiger partial charge is 0.0839 e. The van der Waals surface area contributed by atoms with E-state index in [-0.39, 0.29) is 0 Å². The highest BCUT2D eigenvalue weighted by atomic mass is 16.3. The summed E-state index contributed by atoms with van der Waals surface area (Å²) in [7, 11) is 0. The Morgan fingerprint density at radius 3 is 2.40 bits per heavy atom. The van der Waals surface area contributed by atoms with Crippen LogP contribution in [0.3, 0.4) is 0 Å². The van der Waals surface area contributed by atoms with E-state index in [9.17, 15) is 5.11 Å². The number of aliphatic hydroxyl groups is 1. The maximum atomic E-state index is 9.54. The summed E-state index contributed by atoms with van der Waals surface area (Å²) < 4.78 is 0. The number of hydrogen-bond donors (Lipinski definition) is 1.